The predicted octanol–water partition coefficient (Wildman–Crippen LogP) is 2.96. The van der Waals surface area contributed by atoms with E-state index >= 15 is 0 Å². The van der Waals surface area contributed by atoms with Gasteiger partial charge in [-0.25, -0.2) is 4.79 Å². The van der Waals surface area contributed by atoms with Crippen molar-refractivity contribution >= 4 is 23.3 Å². The Kier molecular flexibility index (Phi) is 6.81. The van der Waals surface area contributed by atoms with Crippen LogP contribution in [0.2, 0.25) is 5.02 Å². The second-order valence-electron chi connectivity index (χ2n) is 3.59. The highest BCUT2D eigenvalue weighted by molar-refractivity contribution is 6.33. The van der Waals surface area contributed by atoms with Crippen LogP contribution in [0.4, 0.5) is 18.9 Å². The fourth-order valence-electron chi connectivity index (χ4n) is 1.34. The third-order valence-corrected chi connectivity index (χ3v) is 2.52. The number of aliphatic carboxylic acids is 1. The zero-order valence-electron chi connectivity index (χ0n) is 10.8. The molecule has 0 fully saturated rings. The molecule has 0 saturated carbocycles. The topological polar surface area (TPSA) is 83.5 Å². The van der Waals surface area contributed by atoms with E-state index in [1.165, 1.54) is 0 Å². The number of carboxylic acid groups (broad SMARTS) is 1. The van der Waals surface area contributed by atoms with Crippen molar-refractivity contribution in [3.05, 3.63) is 28.3 Å². The number of carbonyl (C=O) groups is 1. The van der Waals surface area contributed by atoms with Gasteiger partial charge >= 0.3 is 12.1 Å². The van der Waals surface area contributed by atoms with E-state index < -0.39 is 35.9 Å². The lowest BCUT2D eigenvalue weighted by Crippen LogP contribution is -2.22. The zero-order chi connectivity index (χ0) is 16.1. The molecule has 1 aromatic carbocycles. The van der Waals surface area contributed by atoms with Gasteiger partial charge in [0.15, 0.2) is 6.10 Å². The minimum Gasteiger partial charge on any atom is -0.479 e. The maximum absolute atomic E-state index is 12.6. The fraction of sp³-hybridized carbons (Fsp3) is 0.417. The fourth-order valence-corrected chi connectivity index (χ4v) is 1.58. The van der Waals surface area contributed by atoms with Gasteiger partial charge in [-0.05, 0) is 17.7 Å². The quantitative estimate of drug-likeness (QED) is 0.749. The van der Waals surface area contributed by atoms with E-state index in [2.05, 4.69) is 0 Å². The van der Waals surface area contributed by atoms with Crippen molar-refractivity contribution in [2.75, 3.05) is 5.73 Å². The second-order valence-corrected chi connectivity index (χ2v) is 4.00. The van der Waals surface area contributed by atoms with Crippen molar-refractivity contribution in [2.45, 2.75) is 32.5 Å². The Balaban J connectivity index is 0.00000172. The van der Waals surface area contributed by atoms with Crippen molar-refractivity contribution < 1.29 is 28.2 Å². The molecule has 0 aliphatic heterocycles. The summed E-state index contributed by atoms with van der Waals surface area (Å²) in [6.07, 6.45) is -6.98. The lowest BCUT2D eigenvalue weighted by atomic mass is 10.0. The van der Waals surface area contributed by atoms with Crippen molar-refractivity contribution in [3.63, 3.8) is 0 Å². The summed E-state index contributed by atoms with van der Waals surface area (Å²) in [6.45, 7) is 4.00. The Morgan fingerprint density at radius 1 is 1.40 bits per heavy atom. The van der Waals surface area contributed by atoms with Gasteiger partial charge in [-0.1, -0.05) is 25.4 Å². The lowest BCUT2D eigenvalue weighted by molar-refractivity contribution is -0.146. The van der Waals surface area contributed by atoms with Crippen LogP contribution >= 0.6 is 11.6 Å². The molecule has 0 radical (unpaired) electrons. The van der Waals surface area contributed by atoms with Gasteiger partial charge in [-0.2, -0.15) is 13.2 Å². The smallest absolute Gasteiger partial charge is 0.418 e. The molecule has 0 amide bonds. The third kappa shape index (κ3) is 4.90. The number of aliphatic hydroxyl groups is 1. The first kappa shape index (κ1) is 18.5. The molecular weight excluding hydrogens is 299 g/mol. The first-order chi connectivity index (χ1) is 9.12. The van der Waals surface area contributed by atoms with Crippen LogP contribution in [-0.4, -0.2) is 22.3 Å². The van der Waals surface area contributed by atoms with Crippen molar-refractivity contribution in [2.24, 2.45) is 0 Å². The number of alkyl halides is 3. The van der Waals surface area contributed by atoms with E-state index in [1.807, 2.05) is 13.8 Å². The number of benzene rings is 1. The van der Waals surface area contributed by atoms with Crippen LogP contribution in [0.1, 0.15) is 25.0 Å². The lowest BCUT2D eigenvalue weighted by Gasteiger charge is -2.14. The third-order valence-electron chi connectivity index (χ3n) is 2.21. The van der Waals surface area contributed by atoms with Gasteiger partial charge in [-0.15, -0.1) is 0 Å². The average Bonchev–Trinajstić information content (AvgIpc) is 2.34. The molecule has 0 unspecified atom stereocenters. The predicted molar refractivity (Wildman–Crippen MR) is 69.6 cm³/mol. The molecule has 114 valence electrons. The Morgan fingerprint density at radius 3 is 2.30 bits per heavy atom. The second kappa shape index (κ2) is 7.35. The van der Waals surface area contributed by atoms with Gasteiger partial charge in [0.2, 0.25) is 0 Å². The van der Waals surface area contributed by atoms with Gasteiger partial charge < -0.3 is 15.9 Å². The van der Waals surface area contributed by atoms with Gasteiger partial charge in [0.05, 0.1) is 16.3 Å². The summed E-state index contributed by atoms with van der Waals surface area (Å²) in [5.41, 5.74) is 3.36. The van der Waals surface area contributed by atoms with Crippen LogP contribution in [0.3, 0.4) is 0 Å². The molecule has 0 aliphatic carbocycles. The molecule has 20 heavy (non-hydrogen) atoms. The van der Waals surface area contributed by atoms with Crippen LogP contribution in [0.25, 0.3) is 0 Å². The largest absolute Gasteiger partial charge is 0.479 e. The SMILES string of the molecule is CC.Nc1c(Cl)cc(C[C@@H](O)C(=O)O)cc1C(F)(F)F. The molecule has 0 aromatic heterocycles. The van der Waals surface area contributed by atoms with Gasteiger partial charge in [0.25, 0.3) is 0 Å². The average molecular weight is 314 g/mol. The van der Waals surface area contributed by atoms with E-state index in [0.29, 0.717) is 6.07 Å². The number of nitrogen functional groups attached to an aromatic ring is 1. The highest BCUT2D eigenvalue weighted by atomic mass is 35.5. The molecule has 1 aromatic rings. The van der Waals surface area contributed by atoms with Gasteiger partial charge in [0.1, 0.15) is 0 Å². The summed E-state index contributed by atoms with van der Waals surface area (Å²) in [5, 5.41) is 17.2. The van der Waals surface area contributed by atoms with Crippen molar-refractivity contribution in [3.8, 4) is 0 Å². The highest BCUT2D eigenvalue weighted by Crippen LogP contribution is 2.37. The maximum Gasteiger partial charge on any atom is 0.418 e. The molecule has 8 heteroatoms. The van der Waals surface area contributed by atoms with Crippen LogP contribution in [0, 0.1) is 0 Å². The van der Waals surface area contributed by atoms with Crippen LogP contribution < -0.4 is 5.73 Å². The normalized spacial score (nSPS) is 12.3. The molecule has 0 heterocycles. The van der Waals surface area contributed by atoms with Crippen molar-refractivity contribution in [1.82, 2.24) is 0 Å². The summed E-state index contributed by atoms with van der Waals surface area (Å²) >= 11 is 5.53. The minimum absolute atomic E-state index is 0.0589. The Labute approximate surface area is 119 Å². The number of rotatable bonds is 3. The molecule has 0 bridgehead atoms. The summed E-state index contributed by atoms with van der Waals surface area (Å²) in [7, 11) is 0. The molecular formula is C12H15ClF3NO3. The number of nitrogens with two attached hydrogens (primary N) is 1. The van der Waals surface area contributed by atoms with E-state index in [-0.39, 0.29) is 10.6 Å². The Hall–Kier alpha value is -1.47. The number of anilines is 1. The van der Waals surface area contributed by atoms with Crippen LogP contribution in [0.15, 0.2) is 12.1 Å². The maximum atomic E-state index is 12.6. The summed E-state index contributed by atoms with van der Waals surface area (Å²) in [4.78, 5) is 10.4. The monoisotopic (exact) mass is 313 g/mol. The summed E-state index contributed by atoms with van der Waals surface area (Å²) < 4.78 is 37.8. The molecule has 0 saturated heterocycles. The Morgan fingerprint density at radius 2 is 1.90 bits per heavy atom. The van der Waals surface area contributed by atoms with Gasteiger partial charge in [0, 0.05) is 6.42 Å². The van der Waals surface area contributed by atoms with Crippen molar-refractivity contribution in [1.29, 1.82) is 0 Å². The van der Waals surface area contributed by atoms with E-state index in [9.17, 15) is 18.0 Å². The zero-order valence-corrected chi connectivity index (χ0v) is 11.6. The Bertz CT molecular complexity index is 478. The molecule has 4 nitrogen and oxygen atoms in total. The first-order valence-corrected chi connectivity index (χ1v) is 6.06. The van der Waals surface area contributed by atoms with Crippen LogP contribution in [-0.2, 0) is 17.4 Å². The molecule has 1 rings (SSSR count). The number of hydrogen-bond donors (Lipinski definition) is 3. The highest BCUT2D eigenvalue weighted by Gasteiger charge is 2.34. The number of carboxylic acids is 1. The van der Waals surface area contributed by atoms with Crippen LogP contribution in [0.5, 0.6) is 0 Å². The standard InChI is InChI=1S/C10H9ClF3NO3.C2H6/c11-6-2-4(3-7(16)9(17)18)1-5(8(6)15)10(12,13)14;1-2/h1-2,7,16H,3,15H2,(H,17,18);1-2H3/t7-;/m1./s1. The number of hydrogen-bond acceptors (Lipinski definition) is 3. The first-order valence-electron chi connectivity index (χ1n) is 5.69. The molecule has 0 spiro atoms. The molecule has 1 atom stereocenters. The van der Waals surface area contributed by atoms with E-state index in [1.54, 1.807) is 0 Å². The molecule has 0 aliphatic rings. The summed E-state index contributed by atoms with van der Waals surface area (Å²) in [6, 6.07) is 1.77. The summed E-state index contributed by atoms with van der Waals surface area (Å²) in [5.74, 6) is -1.53. The van der Waals surface area contributed by atoms with Gasteiger partial charge in [-0.3, -0.25) is 0 Å². The van der Waals surface area contributed by atoms with E-state index in [4.69, 9.17) is 27.5 Å². The number of aliphatic hydroxyl groups excluding tert-OH is 1. The van der Waals surface area contributed by atoms with E-state index in [0.717, 1.165) is 6.07 Å². The number of halogens is 4. The minimum atomic E-state index is -4.70. The molecule has 4 N–H and O–H groups in total.